The van der Waals surface area contributed by atoms with Crippen molar-refractivity contribution in [2.75, 3.05) is 20.3 Å². The molecule has 0 aromatic heterocycles. The van der Waals surface area contributed by atoms with Crippen LogP contribution >= 0.6 is 23.2 Å². The van der Waals surface area contributed by atoms with Crippen molar-refractivity contribution in [3.63, 3.8) is 0 Å². The molecule has 1 amide bonds. The van der Waals surface area contributed by atoms with Gasteiger partial charge in [0.05, 0.1) is 21.7 Å². The Bertz CT molecular complexity index is 1010. The normalized spacial score (nSPS) is 18.3. The van der Waals surface area contributed by atoms with Crippen molar-refractivity contribution in [2.45, 2.75) is 32.2 Å². The number of hydrogen-bond donors (Lipinski definition) is 1. The van der Waals surface area contributed by atoms with E-state index < -0.39 is 17.7 Å². The summed E-state index contributed by atoms with van der Waals surface area (Å²) in [5, 5.41) is 11.6. The molecule has 0 aliphatic carbocycles. The first-order valence-corrected chi connectivity index (χ1v) is 10.8. The molecule has 3 rings (SSSR count). The third-order valence-corrected chi connectivity index (χ3v) is 6.14. The van der Waals surface area contributed by atoms with Gasteiger partial charge >= 0.3 is 0 Å². The highest BCUT2D eigenvalue weighted by Crippen LogP contribution is 2.40. The molecule has 0 saturated carbocycles. The van der Waals surface area contributed by atoms with Crippen molar-refractivity contribution >= 4 is 40.7 Å². The number of amides is 1. The Morgan fingerprint density at radius 3 is 2.35 bits per heavy atom. The smallest absolute Gasteiger partial charge is 0.295 e. The van der Waals surface area contributed by atoms with E-state index in [1.54, 1.807) is 19.2 Å². The van der Waals surface area contributed by atoms with Crippen LogP contribution in [0.5, 0.6) is 0 Å². The third kappa shape index (κ3) is 4.79. The standard InChI is InChI=1S/C24H25Cl2NO4/c1-14(2)15-5-7-16(8-6-15)21-20(22(28)17-9-10-18(25)19(26)13-17)23(29)24(30)27(21)11-4-12-31-3/h5-10,13-14,21,28H,4,11-12H2,1-3H3/b22-20-. The molecule has 164 valence electrons. The third-order valence-electron chi connectivity index (χ3n) is 5.40. The van der Waals surface area contributed by atoms with Gasteiger partial charge < -0.3 is 14.7 Å². The summed E-state index contributed by atoms with van der Waals surface area (Å²) < 4.78 is 5.10. The van der Waals surface area contributed by atoms with E-state index >= 15 is 0 Å². The van der Waals surface area contributed by atoms with Gasteiger partial charge in [0.25, 0.3) is 11.7 Å². The maximum absolute atomic E-state index is 13.0. The second kappa shape index (κ2) is 9.86. The van der Waals surface area contributed by atoms with Gasteiger partial charge in [0, 0.05) is 25.8 Å². The van der Waals surface area contributed by atoms with Crippen LogP contribution in [0.4, 0.5) is 0 Å². The number of rotatable bonds is 7. The molecule has 1 N–H and O–H groups in total. The van der Waals surface area contributed by atoms with Crippen LogP contribution < -0.4 is 0 Å². The molecule has 1 fully saturated rings. The van der Waals surface area contributed by atoms with Crippen LogP contribution in [0.3, 0.4) is 0 Å². The van der Waals surface area contributed by atoms with Gasteiger partial charge in [-0.15, -0.1) is 0 Å². The first kappa shape index (κ1) is 23.3. The van der Waals surface area contributed by atoms with Crippen LogP contribution in [0.2, 0.25) is 10.0 Å². The Morgan fingerprint density at radius 1 is 1.10 bits per heavy atom. The number of methoxy groups -OCH3 is 1. The molecule has 1 unspecified atom stereocenters. The summed E-state index contributed by atoms with van der Waals surface area (Å²) in [6, 6.07) is 11.7. The summed E-state index contributed by atoms with van der Waals surface area (Å²) in [7, 11) is 1.58. The minimum Gasteiger partial charge on any atom is -0.507 e. The molecule has 0 bridgehead atoms. The van der Waals surface area contributed by atoms with Gasteiger partial charge in [-0.3, -0.25) is 9.59 Å². The molecule has 0 radical (unpaired) electrons. The largest absolute Gasteiger partial charge is 0.507 e. The van der Waals surface area contributed by atoms with Crippen molar-refractivity contribution in [3.05, 3.63) is 74.8 Å². The number of carbonyl (C=O) groups excluding carboxylic acids is 2. The van der Waals surface area contributed by atoms with E-state index in [1.165, 1.54) is 11.0 Å². The lowest BCUT2D eigenvalue weighted by Crippen LogP contribution is -2.31. The van der Waals surface area contributed by atoms with Crippen LogP contribution in [0.15, 0.2) is 48.0 Å². The number of likely N-dealkylation sites (tertiary alicyclic amines) is 1. The first-order chi connectivity index (χ1) is 14.8. The number of Topliss-reactive ketones (excluding diaryl/α,β-unsaturated/α-hetero) is 1. The van der Waals surface area contributed by atoms with Crippen LogP contribution in [0, 0.1) is 0 Å². The van der Waals surface area contributed by atoms with Gasteiger partial charge in [0.1, 0.15) is 5.76 Å². The summed E-state index contributed by atoms with van der Waals surface area (Å²) in [5.74, 6) is -1.29. The van der Waals surface area contributed by atoms with Crippen molar-refractivity contribution in [2.24, 2.45) is 0 Å². The predicted octanol–water partition coefficient (Wildman–Crippen LogP) is 5.58. The molecule has 1 aliphatic heterocycles. The van der Waals surface area contributed by atoms with E-state index in [2.05, 4.69) is 13.8 Å². The lowest BCUT2D eigenvalue weighted by molar-refractivity contribution is -0.140. The number of nitrogens with zero attached hydrogens (tertiary/aromatic N) is 1. The monoisotopic (exact) mass is 461 g/mol. The summed E-state index contributed by atoms with van der Waals surface area (Å²) in [4.78, 5) is 27.3. The molecule has 1 aliphatic rings. The number of ether oxygens (including phenoxy) is 1. The average Bonchev–Trinajstić information content (AvgIpc) is 3.00. The van der Waals surface area contributed by atoms with Crippen LogP contribution in [0.1, 0.15) is 48.9 Å². The highest BCUT2D eigenvalue weighted by molar-refractivity contribution is 6.46. The Kier molecular flexibility index (Phi) is 7.42. The lowest BCUT2D eigenvalue weighted by Gasteiger charge is -2.25. The van der Waals surface area contributed by atoms with Crippen molar-refractivity contribution in [3.8, 4) is 0 Å². The average molecular weight is 462 g/mol. The number of ketones is 1. The molecule has 5 nitrogen and oxygen atoms in total. The molecule has 1 heterocycles. The second-order valence-electron chi connectivity index (χ2n) is 7.79. The number of carbonyl (C=O) groups is 2. The Labute approximate surface area is 192 Å². The van der Waals surface area contributed by atoms with Crippen LogP contribution in [-0.4, -0.2) is 42.0 Å². The van der Waals surface area contributed by atoms with Gasteiger partial charge in [0.2, 0.25) is 0 Å². The van der Waals surface area contributed by atoms with Gasteiger partial charge in [-0.05, 0) is 41.7 Å². The maximum Gasteiger partial charge on any atom is 0.295 e. The van der Waals surface area contributed by atoms with Crippen LogP contribution in [0.25, 0.3) is 5.76 Å². The van der Waals surface area contributed by atoms with Crippen molar-refractivity contribution in [1.82, 2.24) is 4.90 Å². The van der Waals surface area contributed by atoms with Gasteiger partial charge in [-0.1, -0.05) is 61.3 Å². The van der Waals surface area contributed by atoms with E-state index in [0.29, 0.717) is 36.1 Å². The van der Waals surface area contributed by atoms with E-state index in [9.17, 15) is 14.7 Å². The second-order valence-corrected chi connectivity index (χ2v) is 8.60. The minimum absolute atomic E-state index is 0.0399. The fourth-order valence-electron chi connectivity index (χ4n) is 3.70. The SMILES string of the molecule is COCCCN1C(=O)C(=O)/C(=C(\O)c2ccc(Cl)c(Cl)c2)C1c1ccc(C(C)C)cc1. The molecule has 2 aromatic rings. The zero-order valence-electron chi connectivity index (χ0n) is 17.7. The maximum atomic E-state index is 13.0. The Morgan fingerprint density at radius 2 is 1.77 bits per heavy atom. The van der Waals surface area contributed by atoms with Crippen molar-refractivity contribution < 1.29 is 19.4 Å². The van der Waals surface area contributed by atoms with Crippen LogP contribution in [-0.2, 0) is 14.3 Å². The number of benzene rings is 2. The van der Waals surface area contributed by atoms with E-state index in [1.807, 2.05) is 24.3 Å². The Hall–Kier alpha value is -2.34. The lowest BCUT2D eigenvalue weighted by atomic mass is 9.93. The summed E-state index contributed by atoms with van der Waals surface area (Å²) in [5.41, 5.74) is 2.26. The fourth-order valence-corrected chi connectivity index (χ4v) is 4.00. The van der Waals surface area contributed by atoms with Crippen molar-refractivity contribution in [1.29, 1.82) is 0 Å². The number of aliphatic hydroxyl groups is 1. The summed E-state index contributed by atoms with van der Waals surface area (Å²) in [6.45, 7) is 4.97. The molecule has 1 saturated heterocycles. The zero-order valence-corrected chi connectivity index (χ0v) is 19.2. The fraction of sp³-hybridized carbons (Fsp3) is 0.333. The Balaban J connectivity index is 2.12. The summed E-state index contributed by atoms with van der Waals surface area (Å²) >= 11 is 12.1. The highest BCUT2D eigenvalue weighted by atomic mass is 35.5. The minimum atomic E-state index is -0.723. The van der Waals surface area contributed by atoms with E-state index in [-0.39, 0.29) is 16.4 Å². The summed E-state index contributed by atoms with van der Waals surface area (Å²) in [6.07, 6.45) is 0.566. The van der Waals surface area contributed by atoms with Gasteiger partial charge in [-0.2, -0.15) is 0 Å². The molecule has 1 atom stereocenters. The topological polar surface area (TPSA) is 66.8 Å². The van der Waals surface area contributed by atoms with Gasteiger partial charge in [0.15, 0.2) is 0 Å². The molecule has 2 aromatic carbocycles. The number of halogens is 2. The molecule has 7 heteroatoms. The number of hydrogen-bond acceptors (Lipinski definition) is 4. The first-order valence-electron chi connectivity index (χ1n) is 10.1. The van der Waals surface area contributed by atoms with E-state index in [4.69, 9.17) is 27.9 Å². The molecule has 31 heavy (non-hydrogen) atoms. The molecular weight excluding hydrogens is 437 g/mol. The molecular formula is C24H25Cl2NO4. The molecule has 0 spiro atoms. The highest BCUT2D eigenvalue weighted by Gasteiger charge is 2.45. The zero-order chi connectivity index (χ0) is 22.7. The quantitative estimate of drug-likeness (QED) is 0.253. The van der Waals surface area contributed by atoms with E-state index in [0.717, 1.165) is 11.1 Å². The predicted molar refractivity (Wildman–Crippen MR) is 122 cm³/mol. The van der Waals surface area contributed by atoms with Gasteiger partial charge in [-0.25, -0.2) is 0 Å². The number of aliphatic hydroxyl groups excluding tert-OH is 1.